The van der Waals surface area contributed by atoms with Crippen LogP contribution in [0.5, 0.6) is 5.75 Å². The summed E-state index contributed by atoms with van der Waals surface area (Å²) < 4.78 is 0. The van der Waals surface area contributed by atoms with Crippen molar-refractivity contribution in [1.82, 2.24) is 0 Å². The number of rotatable bonds is 7. The molecule has 1 aromatic carbocycles. The fourth-order valence-electron chi connectivity index (χ4n) is 1.70. The summed E-state index contributed by atoms with van der Waals surface area (Å²) in [5, 5.41) is 13.8. The molecule has 0 bridgehead atoms. The van der Waals surface area contributed by atoms with Crippen molar-refractivity contribution >= 4 is 11.9 Å². The lowest BCUT2D eigenvalue weighted by Crippen LogP contribution is -2.21. The van der Waals surface area contributed by atoms with E-state index < -0.39 is 0 Å². The number of phenolic OH excluding ortho intramolecular Hbond substituents is 1. The highest BCUT2D eigenvalue weighted by molar-refractivity contribution is 5.84. The molecule has 4 nitrogen and oxygen atoms in total. The maximum Gasteiger partial charge on any atom is 0.135 e. The van der Waals surface area contributed by atoms with Crippen LogP contribution >= 0.6 is 0 Å². The Morgan fingerprint density at radius 1 is 1.32 bits per heavy atom. The molecule has 0 aliphatic rings. The Hall–Kier alpha value is -1.97. The Labute approximate surface area is 115 Å². The Morgan fingerprint density at radius 3 is 2.63 bits per heavy atom. The van der Waals surface area contributed by atoms with Gasteiger partial charge >= 0.3 is 0 Å². The number of oxime groups is 1. The lowest BCUT2D eigenvalue weighted by molar-refractivity contribution is 0.176. The average molecular weight is 262 g/mol. The first kappa shape index (κ1) is 15.1. The number of hydrogen-bond acceptors (Lipinski definition) is 4. The fraction of sp³-hybridized carbons (Fsp3) is 0.400. The minimum absolute atomic E-state index is 0.211. The number of anilines is 1. The minimum atomic E-state index is 0.211. The Balaban J connectivity index is 2.71. The highest BCUT2D eigenvalue weighted by atomic mass is 16.6. The van der Waals surface area contributed by atoms with E-state index >= 15 is 0 Å². The molecule has 0 unspecified atom stereocenters. The van der Waals surface area contributed by atoms with Crippen LogP contribution in [0, 0.1) is 0 Å². The molecular formula is C15H22N2O2. The van der Waals surface area contributed by atoms with Crippen molar-refractivity contribution in [3.8, 4) is 5.75 Å². The molecule has 1 aromatic rings. The number of phenols is 1. The van der Waals surface area contributed by atoms with E-state index in [1.165, 1.54) is 6.21 Å². The van der Waals surface area contributed by atoms with Gasteiger partial charge in [0, 0.05) is 30.4 Å². The third kappa shape index (κ3) is 4.66. The zero-order valence-electron chi connectivity index (χ0n) is 11.8. The Morgan fingerprint density at radius 2 is 2.05 bits per heavy atom. The second kappa shape index (κ2) is 8.19. The molecule has 0 amide bonds. The second-order valence-corrected chi connectivity index (χ2v) is 4.01. The fourth-order valence-corrected chi connectivity index (χ4v) is 1.70. The first-order chi connectivity index (χ1) is 9.22. The molecule has 0 aliphatic heterocycles. The van der Waals surface area contributed by atoms with Crippen LogP contribution < -0.4 is 4.90 Å². The van der Waals surface area contributed by atoms with Gasteiger partial charge in [-0.3, -0.25) is 0 Å². The van der Waals surface area contributed by atoms with E-state index in [9.17, 15) is 5.11 Å². The molecule has 0 saturated heterocycles. The second-order valence-electron chi connectivity index (χ2n) is 4.01. The predicted octanol–water partition coefficient (Wildman–Crippen LogP) is 3.17. The van der Waals surface area contributed by atoms with Crippen LogP contribution in [0.15, 0.2) is 35.5 Å². The first-order valence-corrected chi connectivity index (χ1v) is 6.57. The van der Waals surface area contributed by atoms with Gasteiger partial charge in [-0.2, -0.15) is 0 Å². The van der Waals surface area contributed by atoms with Crippen molar-refractivity contribution in [2.75, 3.05) is 24.6 Å². The third-order valence-electron chi connectivity index (χ3n) is 2.82. The van der Waals surface area contributed by atoms with E-state index in [1.54, 1.807) is 6.07 Å². The summed E-state index contributed by atoms with van der Waals surface area (Å²) in [5.41, 5.74) is 1.66. The Kier molecular flexibility index (Phi) is 6.50. The quantitative estimate of drug-likeness (QED) is 0.355. The SMILES string of the molecule is C/C=C/CO/N=C/c1ccc(N(CC)CC)cc1O. The highest BCUT2D eigenvalue weighted by Crippen LogP contribution is 2.23. The van der Waals surface area contributed by atoms with Gasteiger partial charge in [0.15, 0.2) is 0 Å². The van der Waals surface area contributed by atoms with Crippen LogP contribution in [-0.4, -0.2) is 31.0 Å². The Bertz CT molecular complexity index is 438. The summed E-state index contributed by atoms with van der Waals surface area (Å²) in [5.74, 6) is 0.211. The van der Waals surface area contributed by atoms with Gasteiger partial charge in [0.05, 0.1) is 6.21 Å². The predicted molar refractivity (Wildman–Crippen MR) is 80.0 cm³/mol. The third-order valence-corrected chi connectivity index (χ3v) is 2.82. The maximum absolute atomic E-state index is 9.95. The van der Waals surface area contributed by atoms with Crippen molar-refractivity contribution in [1.29, 1.82) is 0 Å². The summed E-state index contributed by atoms with van der Waals surface area (Å²) in [6, 6.07) is 5.56. The molecule has 1 rings (SSSR count). The number of aromatic hydroxyl groups is 1. The van der Waals surface area contributed by atoms with Gasteiger partial charge in [0.1, 0.15) is 12.4 Å². The van der Waals surface area contributed by atoms with Crippen LogP contribution in [0.1, 0.15) is 26.3 Å². The first-order valence-electron chi connectivity index (χ1n) is 6.57. The molecule has 0 radical (unpaired) electrons. The van der Waals surface area contributed by atoms with E-state index in [4.69, 9.17) is 4.84 Å². The molecule has 0 fully saturated rings. The summed E-state index contributed by atoms with van der Waals surface area (Å²) in [4.78, 5) is 7.18. The molecule has 0 atom stereocenters. The largest absolute Gasteiger partial charge is 0.507 e. The van der Waals surface area contributed by atoms with Gasteiger partial charge in [-0.05, 0) is 39.0 Å². The van der Waals surface area contributed by atoms with Gasteiger partial charge in [-0.15, -0.1) is 0 Å². The smallest absolute Gasteiger partial charge is 0.135 e. The van der Waals surface area contributed by atoms with E-state index in [-0.39, 0.29) is 5.75 Å². The van der Waals surface area contributed by atoms with Gasteiger partial charge in [0.2, 0.25) is 0 Å². The molecule has 19 heavy (non-hydrogen) atoms. The van der Waals surface area contributed by atoms with Crippen LogP contribution in [0.2, 0.25) is 0 Å². The van der Waals surface area contributed by atoms with E-state index in [0.29, 0.717) is 12.2 Å². The van der Waals surface area contributed by atoms with Crippen molar-refractivity contribution in [3.63, 3.8) is 0 Å². The molecule has 104 valence electrons. The van der Waals surface area contributed by atoms with E-state index in [0.717, 1.165) is 18.8 Å². The number of nitrogens with zero attached hydrogens (tertiary/aromatic N) is 2. The molecule has 1 N–H and O–H groups in total. The van der Waals surface area contributed by atoms with E-state index in [2.05, 4.69) is 23.9 Å². The van der Waals surface area contributed by atoms with Crippen molar-refractivity contribution in [3.05, 3.63) is 35.9 Å². The zero-order chi connectivity index (χ0) is 14.1. The molecular weight excluding hydrogens is 240 g/mol. The molecule has 4 heteroatoms. The summed E-state index contributed by atoms with van der Waals surface area (Å²) >= 11 is 0. The van der Waals surface area contributed by atoms with Crippen LogP contribution in [0.3, 0.4) is 0 Å². The molecule has 0 aliphatic carbocycles. The van der Waals surface area contributed by atoms with Gasteiger partial charge in [-0.25, -0.2) is 0 Å². The van der Waals surface area contributed by atoms with Gasteiger partial charge in [0.25, 0.3) is 0 Å². The van der Waals surface area contributed by atoms with Gasteiger partial charge in [-0.1, -0.05) is 11.2 Å². The molecule has 0 heterocycles. The van der Waals surface area contributed by atoms with Crippen molar-refractivity contribution in [2.45, 2.75) is 20.8 Å². The zero-order valence-corrected chi connectivity index (χ0v) is 11.8. The summed E-state index contributed by atoms with van der Waals surface area (Å²) in [6.07, 6.45) is 5.28. The van der Waals surface area contributed by atoms with Crippen LogP contribution in [0.4, 0.5) is 5.69 Å². The standard InChI is InChI=1S/C15H22N2O2/c1-4-7-10-19-16-12-13-8-9-14(11-15(13)18)17(5-2)6-3/h4,7-9,11-12,18H,5-6,10H2,1-3H3/b7-4+,16-12+. The van der Waals surface area contributed by atoms with Gasteiger partial charge < -0.3 is 14.8 Å². The summed E-state index contributed by atoms with van der Waals surface area (Å²) in [7, 11) is 0. The van der Waals surface area contributed by atoms with E-state index in [1.807, 2.05) is 31.2 Å². The lowest BCUT2D eigenvalue weighted by Gasteiger charge is -2.21. The number of hydrogen-bond donors (Lipinski definition) is 1. The lowest BCUT2D eigenvalue weighted by atomic mass is 10.2. The summed E-state index contributed by atoms with van der Waals surface area (Å²) in [6.45, 7) is 8.36. The molecule has 0 spiro atoms. The highest BCUT2D eigenvalue weighted by Gasteiger charge is 2.05. The minimum Gasteiger partial charge on any atom is -0.507 e. The molecule has 0 saturated carbocycles. The maximum atomic E-state index is 9.95. The normalized spacial score (nSPS) is 11.3. The number of benzene rings is 1. The van der Waals surface area contributed by atoms with Crippen LogP contribution in [-0.2, 0) is 4.84 Å². The molecule has 0 aromatic heterocycles. The number of allylic oxidation sites excluding steroid dienone is 1. The average Bonchev–Trinajstić information content (AvgIpc) is 2.42. The monoisotopic (exact) mass is 262 g/mol. The van der Waals surface area contributed by atoms with Crippen molar-refractivity contribution in [2.24, 2.45) is 5.16 Å². The van der Waals surface area contributed by atoms with Crippen molar-refractivity contribution < 1.29 is 9.94 Å². The topological polar surface area (TPSA) is 45.1 Å². The van der Waals surface area contributed by atoms with Crippen LogP contribution in [0.25, 0.3) is 0 Å².